The number of hydrogen-bond donors (Lipinski definition) is 2. The van der Waals surface area contributed by atoms with E-state index in [1.165, 1.54) is 0 Å². The van der Waals surface area contributed by atoms with Gasteiger partial charge in [-0.3, -0.25) is 0 Å². The Labute approximate surface area is 110 Å². The van der Waals surface area contributed by atoms with E-state index >= 15 is 0 Å². The molecular weight excluding hydrogens is 264 g/mol. The van der Waals surface area contributed by atoms with Crippen LogP contribution in [0.2, 0.25) is 0 Å². The van der Waals surface area contributed by atoms with Crippen molar-refractivity contribution in [2.45, 2.75) is 44.8 Å². The van der Waals surface area contributed by atoms with Crippen molar-refractivity contribution in [3.63, 3.8) is 0 Å². The van der Waals surface area contributed by atoms with Crippen molar-refractivity contribution in [3.05, 3.63) is 0 Å². The first-order chi connectivity index (χ1) is 7.33. The maximum absolute atomic E-state index is 11.6. The largest absolute Gasteiger partial charge is 0.378 e. The van der Waals surface area contributed by atoms with Crippen molar-refractivity contribution in [1.82, 2.24) is 4.72 Å². The highest BCUT2D eigenvalue weighted by atomic mass is 35.5. The number of hydrogen-bond acceptors (Lipinski definition) is 4. The van der Waals surface area contributed by atoms with Crippen LogP contribution in [0.1, 0.15) is 33.1 Å². The molecule has 104 valence electrons. The summed E-state index contributed by atoms with van der Waals surface area (Å²) in [5, 5.41) is 0. The van der Waals surface area contributed by atoms with Crippen LogP contribution >= 0.6 is 12.4 Å². The molecule has 0 unspecified atom stereocenters. The summed E-state index contributed by atoms with van der Waals surface area (Å²) >= 11 is 0. The van der Waals surface area contributed by atoms with Crippen LogP contribution in [-0.2, 0) is 14.8 Å². The van der Waals surface area contributed by atoms with Crippen LogP contribution in [0.15, 0.2) is 0 Å². The minimum Gasteiger partial charge on any atom is -0.378 e. The van der Waals surface area contributed by atoms with Gasteiger partial charge in [-0.05, 0) is 33.1 Å². The summed E-state index contributed by atoms with van der Waals surface area (Å²) in [7, 11) is -3.24. The van der Waals surface area contributed by atoms with E-state index in [1.54, 1.807) is 0 Å². The molecule has 0 aromatic heterocycles. The molecule has 1 aliphatic carbocycles. The zero-order chi connectivity index (χ0) is 12.2. The summed E-state index contributed by atoms with van der Waals surface area (Å²) in [6, 6.07) is 0. The summed E-state index contributed by atoms with van der Waals surface area (Å²) in [4.78, 5) is 0. The van der Waals surface area contributed by atoms with Crippen molar-refractivity contribution in [1.29, 1.82) is 0 Å². The van der Waals surface area contributed by atoms with Gasteiger partial charge in [0.2, 0.25) is 10.0 Å². The molecule has 0 aliphatic heterocycles. The fraction of sp³-hybridized carbons (Fsp3) is 1.00. The number of nitrogens with two attached hydrogens (primary N) is 1. The second-order valence-corrected chi connectivity index (χ2v) is 6.70. The van der Waals surface area contributed by atoms with Crippen molar-refractivity contribution >= 4 is 22.4 Å². The summed E-state index contributed by atoms with van der Waals surface area (Å²) in [5.74, 6) is 0.00125. The number of nitrogens with one attached hydrogen (secondary N) is 1. The Hall–Kier alpha value is 0.120. The van der Waals surface area contributed by atoms with Crippen LogP contribution in [-0.4, -0.2) is 39.0 Å². The lowest BCUT2D eigenvalue weighted by atomic mass is 9.78. The zero-order valence-electron chi connectivity index (χ0n) is 10.4. The van der Waals surface area contributed by atoms with Crippen LogP contribution in [0.5, 0.6) is 0 Å². The molecule has 0 atom stereocenters. The SMILES string of the molecule is CC(C)OCCS(=O)(=O)NCC1(N)CCC1.Cl. The standard InChI is InChI=1S/C10H22N2O3S.ClH/c1-9(2)15-6-7-16(13,14)12-8-10(11)4-3-5-10;/h9,12H,3-8,11H2,1-2H3;1H. The summed E-state index contributed by atoms with van der Waals surface area (Å²) in [6.07, 6.45) is 2.95. The average molecular weight is 287 g/mol. The highest BCUT2D eigenvalue weighted by Gasteiger charge is 2.33. The molecule has 1 rings (SSSR count). The minimum absolute atomic E-state index is 0. The van der Waals surface area contributed by atoms with Gasteiger partial charge in [0.1, 0.15) is 0 Å². The summed E-state index contributed by atoms with van der Waals surface area (Å²) < 4.78 is 30.8. The predicted molar refractivity (Wildman–Crippen MR) is 70.9 cm³/mol. The summed E-state index contributed by atoms with van der Waals surface area (Å²) in [5.41, 5.74) is 5.62. The Bertz CT molecular complexity index is 316. The van der Waals surface area contributed by atoms with E-state index in [2.05, 4.69) is 4.72 Å². The van der Waals surface area contributed by atoms with Gasteiger partial charge in [-0.2, -0.15) is 0 Å². The predicted octanol–water partition coefficient (Wildman–Crippen LogP) is 0.634. The van der Waals surface area contributed by atoms with Crippen LogP contribution < -0.4 is 10.5 Å². The Morgan fingerprint density at radius 1 is 1.41 bits per heavy atom. The molecule has 7 heteroatoms. The van der Waals surface area contributed by atoms with Gasteiger partial charge in [0.15, 0.2) is 0 Å². The molecule has 1 fully saturated rings. The first-order valence-corrected chi connectivity index (χ1v) is 7.36. The molecule has 0 spiro atoms. The first-order valence-electron chi connectivity index (χ1n) is 5.71. The maximum Gasteiger partial charge on any atom is 0.213 e. The van der Waals surface area contributed by atoms with E-state index in [-0.39, 0.29) is 36.4 Å². The zero-order valence-corrected chi connectivity index (χ0v) is 12.1. The fourth-order valence-electron chi connectivity index (χ4n) is 1.53. The number of halogens is 1. The van der Waals surface area contributed by atoms with E-state index in [0.717, 1.165) is 19.3 Å². The highest BCUT2D eigenvalue weighted by molar-refractivity contribution is 7.89. The molecule has 0 aromatic carbocycles. The van der Waals surface area contributed by atoms with Crippen LogP contribution in [0.4, 0.5) is 0 Å². The van der Waals surface area contributed by atoms with E-state index in [9.17, 15) is 8.42 Å². The molecule has 0 bridgehead atoms. The molecule has 3 N–H and O–H groups in total. The Morgan fingerprint density at radius 2 is 2.00 bits per heavy atom. The maximum atomic E-state index is 11.6. The Kier molecular flexibility index (Phi) is 6.94. The minimum atomic E-state index is -3.24. The van der Waals surface area contributed by atoms with Gasteiger partial charge in [0.05, 0.1) is 18.5 Å². The number of rotatable bonds is 7. The van der Waals surface area contributed by atoms with Gasteiger partial charge in [0.25, 0.3) is 0 Å². The molecule has 0 saturated heterocycles. The number of sulfonamides is 1. The van der Waals surface area contributed by atoms with Crippen LogP contribution in [0, 0.1) is 0 Å². The lowest BCUT2D eigenvalue weighted by Crippen LogP contribution is -2.55. The molecule has 0 radical (unpaired) electrons. The van der Waals surface area contributed by atoms with Crippen molar-refractivity contribution in [2.75, 3.05) is 18.9 Å². The van der Waals surface area contributed by atoms with E-state index in [1.807, 2.05) is 13.8 Å². The van der Waals surface area contributed by atoms with Crippen LogP contribution in [0.25, 0.3) is 0 Å². The third kappa shape index (κ3) is 6.57. The Balaban J connectivity index is 0.00000256. The smallest absolute Gasteiger partial charge is 0.213 e. The van der Waals surface area contributed by atoms with E-state index in [0.29, 0.717) is 6.54 Å². The van der Waals surface area contributed by atoms with Gasteiger partial charge < -0.3 is 10.5 Å². The van der Waals surface area contributed by atoms with Crippen LogP contribution in [0.3, 0.4) is 0 Å². The number of ether oxygens (including phenoxy) is 1. The first kappa shape index (κ1) is 17.1. The topological polar surface area (TPSA) is 81.4 Å². The molecular formula is C10H23ClN2O3S. The van der Waals surface area contributed by atoms with E-state index in [4.69, 9.17) is 10.5 Å². The quantitative estimate of drug-likeness (QED) is 0.719. The molecule has 1 saturated carbocycles. The third-order valence-electron chi connectivity index (χ3n) is 2.80. The highest BCUT2D eigenvalue weighted by Crippen LogP contribution is 2.28. The van der Waals surface area contributed by atoms with Gasteiger partial charge in [-0.15, -0.1) is 12.4 Å². The fourth-order valence-corrected chi connectivity index (χ4v) is 2.49. The van der Waals surface area contributed by atoms with Crippen molar-refractivity contribution in [2.24, 2.45) is 5.73 Å². The lowest BCUT2D eigenvalue weighted by Gasteiger charge is -2.38. The molecule has 0 heterocycles. The molecule has 0 amide bonds. The van der Waals surface area contributed by atoms with Gasteiger partial charge in [-0.25, -0.2) is 13.1 Å². The van der Waals surface area contributed by atoms with Crippen molar-refractivity contribution in [3.8, 4) is 0 Å². The molecule has 0 aromatic rings. The third-order valence-corrected chi connectivity index (χ3v) is 4.09. The molecule has 1 aliphatic rings. The second-order valence-electron chi connectivity index (χ2n) is 4.78. The lowest BCUT2D eigenvalue weighted by molar-refractivity contribution is 0.0911. The van der Waals surface area contributed by atoms with Gasteiger partial charge >= 0.3 is 0 Å². The average Bonchev–Trinajstić information content (AvgIpc) is 2.11. The normalized spacial score (nSPS) is 18.6. The van der Waals surface area contributed by atoms with E-state index < -0.39 is 10.0 Å². The van der Waals surface area contributed by atoms with Gasteiger partial charge in [-0.1, -0.05) is 0 Å². The molecule has 5 nitrogen and oxygen atoms in total. The van der Waals surface area contributed by atoms with Gasteiger partial charge in [0, 0.05) is 12.1 Å². The molecule has 17 heavy (non-hydrogen) atoms. The van der Waals surface area contributed by atoms with Crippen molar-refractivity contribution < 1.29 is 13.2 Å². The Morgan fingerprint density at radius 3 is 2.41 bits per heavy atom. The second kappa shape index (κ2) is 6.89. The summed E-state index contributed by atoms with van der Waals surface area (Å²) in [6.45, 7) is 4.33. The monoisotopic (exact) mass is 286 g/mol.